The second-order valence-electron chi connectivity index (χ2n) is 5.09. The van der Waals surface area contributed by atoms with Gasteiger partial charge in [0.25, 0.3) is 0 Å². The van der Waals surface area contributed by atoms with E-state index in [1.54, 1.807) is 0 Å². The number of hydrogen-bond acceptors (Lipinski definition) is 2. The first kappa shape index (κ1) is 15.2. The Hall–Kier alpha value is -0.860. The predicted octanol–water partition coefficient (Wildman–Crippen LogP) is 3.93. The SMILES string of the molecule is CC(C)NCCCCCOC(C)c1ccccc1. The molecule has 1 aromatic carbocycles. The van der Waals surface area contributed by atoms with Crippen molar-refractivity contribution in [2.75, 3.05) is 13.2 Å². The molecule has 0 radical (unpaired) electrons. The minimum atomic E-state index is 0.208. The van der Waals surface area contributed by atoms with Gasteiger partial charge in [-0.3, -0.25) is 0 Å². The summed E-state index contributed by atoms with van der Waals surface area (Å²) < 4.78 is 5.84. The van der Waals surface area contributed by atoms with Crippen molar-refractivity contribution in [2.45, 2.75) is 52.2 Å². The van der Waals surface area contributed by atoms with E-state index in [-0.39, 0.29) is 6.10 Å². The third kappa shape index (κ3) is 6.77. The molecule has 0 aliphatic carbocycles. The first-order valence-electron chi connectivity index (χ1n) is 7.10. The van der Waals surface area contributed by atoms with Crippen LogP contribution in [0.5, 0.6) is 0 Å². The molecule has 1 aromatic rings. The van der Waals surface area contributed by atoms with E-state index in [0.717, 1.165) is 19.6 Å². The molecule has 18 heavy (non-hydrogen) atoms. The van der Waals surface area contributed by atoms with Crippen LogP contribution in [0, 0.1) is 0 Å². The summed E-state index contributed by atoms with van der Waals surface area (Å²) in [5.74, 6) is 0. The van der Waals surface area contributed by atoms with Gasteiger partial charge in [-0.15, -0.1) is 0 Å². The molecule has 1 unspecified atom stereocenters. The number of hydrogen-bond donors (Lipinski definition) is 1. The summed E-state index contributed by atoms with van der Waals surface area (Å²) in [6, 6.07) is 11.0. The fraction of sp³-hybridized carbons (Fsp3) is 0.625. The molecule has 0 heterocycles. The second-order valence-corrected chi connectivity index (χ2v) is 5.09. The lowest BCUT2D eigenvalue weighted by Crippen LogP contribution is -2.23. The van der Waals surface area contributed by atoms with Crippen LogP contribution < -0.4 is 5.32 Å². The summed E-state index contributed by atoms with van der Waals surface area (Å²) in [4.78, 5) is 0. The molecule has 0 aliphatic heterocycles. The lowest BCUT2D eigenvalue weighted by molar-refractivity contribution is 0.0628. The van der Waals surface area contributed by atoms with Crippen molar-refractivity contribution in [3.8, 4) is 0 Å². The first-order chi connectivity index (χ1) is 8.70. The first-order valence-corrected chi connectivity index (χ1v) is 7.10. The Kier molecular flexibility index (Phi) is 7.70. The molecule has 1 N–H and O–H groups in total. The van der Waals surface area contributed by atoms with Gasteiger partial charge in [0, 0.05) is 12.6 Å². The number of rotatable bonds is 9. The Morgan fingerprint density at radius 2 is 1.72 bits per heavy atom. The molecule has 0 amide bonds. The molecule has 102 valence electrons. The maximum absolute atomic E-state index is 5.84. The van der Waals surface area contributed by atoms with Crippen molar-refractivity contribution >= 4 is 0 Å². The van der Waals surface area contributed by atoms with Crippen molar-refractivity contribution in [2.24, 2.45) is 0 Å². The van der Waals surface area contributed by atoms with Crippen molar-refractivity contribution in [1.29, 1.82) is 0 Å². The standard InChI is InChI=1S/C16H27NO/c1-14(2)17-12-8-5-9-13-18-15(3)16-10-6-4-7-11-16/h4,6-7,10-11,14-15,17H,5,8-9,12-13H2,1-3H3. The minimum Gasteiger partial charge on any atom is -0.374 e. The fourth-order valence-corrected chi connectivity index (χ4v) is 1.87. The Bertz CT molecular complexity index is 297. The highest BCUT2D eigenvalue weighted by atomic mass is 16.5. The summed E-state index contributed by atoms with van der Waals surface area (Å²) in [6.07, 6.45) is 3.83. The van der Waals surface area contributed by atoms with Gasteiger partial charge in [0.15, 0.2) is 0 Å². The highest BCUT2D eigenvalue weighted by Gasteiger charge is 2.03. The average Bonchev–Trinajstić information content (AvgIpc) is 2.38. The van der Waals surface area contributed by atoms with Gasteiger partial charge < -0.3 is 10.1 Å². The summed E-state index contributed by atoms with van der Waals surface area (Å²) in [5, 5.41) is 3.43. The highest BCUT2D eigenvalue weighted by Crippen LogP contribution is 2.16. The Morgan fingerprint density at radius 1 is 1.00 bits per heavy atom. The van der Waals surface area contributed by atoms with E-state index in [0.29, 0.717) is 6.04 Å². The third-order valence-corrected chi connectivity index (χ3v) is 3.01. The molecule has 1 rings (SSSR count). The monoisotopic (exact) mass is 249 g/mol. The molecule has 0 spiro atoms. The Morgan fingerprint density at radius 3 is 2.39 bits per heavy atom. The van der Waals surface area contributed by atoms with Crippen molar-refractivity contribution in [3.05, 3.63) is 35.9 Å². The molecule has 2 nitrogen and oxygen atoms in total. The smallest absolute Gasteiger partial charge is 0.0796 e. The molecule has 2 heteroatoms. The van der Waals surface area contributed by atoms with Gasteiger partial charge in [-0.05, 0) is 38.3 Å². The van der Waals surface area contributed by atoms with Gasteiger partial charge in [0.2, 0.25) is 0 Å². The lowest BCUT2D eigenvalue weighted by Gasteiger charge is -2.13. The topological polar surface area (TPSA) is 21.3 Å². The minimum absolute atomic E-state index is 0.208. The van der Waals surface area contributed by atoms with E-state index in [9.17, 15) is 0 Å². The molecule has 0 aromatic heterocycles. The van der Waals surface area contributed by atoms with Gasteiger partial charge in [-0.25, -0.2) is 0 Å². The average molecular weight is 249 g/mol. The van der Waals surface area contributed by atoms with Crippen LogP contribution in [0.2, 0.25) is 0 Å². The summed E-state index contributed by atoms with van der Waals surface area (Å²) in [7, 11) is 0. The van der Waals surface area contributed by atoms with Crippen molar-refractivity contribution in [1.82, 2.24) is 5.32 Å². The quantitative estimate of drug-likeness (QED) is 0.669. The summed E-state index contributed by atoms with van der Waals surface area (Å²) in [5.41, 5.74) is 1.26. The fourth-order valence-electron chi connectivity index (χ4n) is 1.87. The Labute approximate surface area is 112 Å². The van der Waals surface area contributed by atoms with E-state index in [1.165, 1.54) is 18.4 Å². The van der Waals surface area contributed by atoms with Gasteiger partial charge in [-0.1, -0.05) is 44.2 Å². The number of benzene rings is 1. The molecule has 0 saturated carbocycles. The van der Waals surface area contributed by atoms with E-state index in [2.05, 4.69) is 50.4 Å². The van der Waals surface area contributed by atoms with Crippen LogP contribution in [0.4, 0.5) is 0 Å². The zero-order chi connectivity index (χ0) is 13.2. The van der Waals surface area contributed by atoms with Crippen molar-refractivity contribution in [3.63, 3.8) is 0 Å². The van der Waals surface area contributed by atoms with Gasteiger partial charge >= 0.3 is 0 Å². The maximum Gasteiger partial charge on any atom is 0.0796 e. The number of unbranched alkanes of at least 4 members (excludes halogenated alkanes) is 2. The van der Waals surface area contributed by atoms with Crippen LogP contribution >= 0.6 is 0 Å². The van der Waals surface area contributed by atoms with Gasteiger partial charge in [0.1, 0.15) is 0 Å². The summed E-state index contributed by atoms with van der Waals surface area (Å²) in [6.45, 7) is 8.47. The zero-order valence-electron chi connectivity index (χ0n) is 12.0. The van der Waals surface area contributed by atoms with Crippen LogP contribution in [-0.4, -0.2) is 19.2 Å². The van der Waals surface area contributed by atoms with E-state index in [1.807, 2.05) is 6.07 Å². The lowest BCUT2D eigenvalue weighted by atomic mass is 10.1. The highest BCUT2D eigenvalue weighted by molar-refractivity contribution is 5.16. The summed E-state index contributed by atoms with van der Waals surface area (Å²) >= 11 is 0. The number of nitrogens with one attached hydrogen (secondary N) is 1. The molecule has 0 saturated heterocycles. The second kappa shape index (κ2) is 9.12. The third-order valence-electron chi connectivity index (χ3n) is 3.01. The van der Waals surface area contributed by atoms with Crippen LogP contribution in [0.25, 0.3) is 0 Å². The molecule has 1 atom stereocenters. The van der Waals surface area contributed by atoms with E-state index in [4.69, 9.17) is 4.74 Å². The van der Waals surface area contributed by atoms with Crippen LogP contribution in [0.3, 0.4) is 0 Å². The van der Waals surface area contributed by atoms with Crippen LogP contribution in [-0.2, 0) is 4.74 Å². The zero-order valence-corrected chi connectivity index (χ0v) is 12.0. The molecule has 0 aliphatic rings. The van der Waals surface area contributed by atoms with Crippen LogP contribution in [0.15, 0.2) is 30.3 Å². The predicted molar refractivity (Wildman–Crippen MR) is 77.8 cm³/mol. The van der Waals surface area contributed by atoms with Gasteiger partial charge in [-0.2, -0.15) is 0 Å². The molecule has 0 bridgehead atoms. The molecular weight excluding hydrogens is 222 g/mol. The van der Waals surface area contributed by atoms with E-state index >= 15 is 0 Å². The molecular formula is C16H27NO. The maximum atomic E-state index is 5.84. The molecule has 0 fully saturated rings. The van der Waals surface area contributed by atoms with Crippen LogP contribution in [0.1, 0.15) is 51.7 Å². The normalized spacial score (nSPS) is 12.9. The van der Waals surface area contributed by atoms with E-state index < -0.39 is 0 Å². The largest absolute Gasteiger partial charge is 0.374 e. The van der Waals surface area contributed by atoms with Gasteiger partial charge in [0.05, 0.1) is 6.10 Å². The Balaban J connectivity index is 2.01. The van der Waals surface area contributed by atoms with Crippen molar-refractivity contribution < 1.29 is 4.74 Å². The number of ether oxygens (including phenoxy) is 1.